The maximum Gasteiger partial charge on any atom is 0.0943 e. The zero-order valence-corrected chi connectivity index (χ0v) is 9.27. The highest BCUT2D eigenvalue weighted by atomic mass is 15.3. The van der Waals surface area contributed by atoms with Gasteiger partial charge in [-0.15, -0.1) is 0 Å². The molecule has 0 fully saturated rings. The van der Waals surface area contributed by atoms with Crippen LogP contribution in [0.3, 0.4) is 0 Å². The molecule has 1 aromatic carbocycles. The van der Waals surface area contributed by atoms with Gasteiger partial charge in [0.2, 0.25) is 0 Å². The fourth-order valence-corrected chi connectivity index (χ4v) is 1.63. The summed E-state index contributed by atoms with van der Waals surface area (Å²) in [7, 11) is 0. The molecule has 2 rings (SSSR count). The van der Waals surface area contributed by atoms with Crippen molar-refractivity contribution in [2.75, 3.05) is 5.73 Å². The first-order valence-electron chi connectivity index (χ1n) is 5.41. The summed E-state index contributed by atoms with van der Waals surface area (Å²) in [5.41, 5.74) is 7.47. The molecule has 0 aliphatic heterocycles. The van der Waals surface area contributed by atoms with Crippen molar-refractivity contribution < 1.29 is 0 Å². The summed E-state index contributed by atoms with van der Waals surface area (Å²) in [6.07, 6.45) is 3.26. The van der Waals surface area contributed by atoms with E-state index in [1.54, 1.807) is 0 Å². The lowest BCUT2D eigenvalue weighted by Crippen LogP contribution is -2.06. The summed E-state index contributed by atoms with van der Waals surface area (Å²) in [5.74, 6) is 0.664. The quantitative estimate of drug-likeness (QED) is 0.779. The highest BCUT2D eigenvalue weighted by Crippen LogP contribution is 2.16. The van der Waals surface area contributed by atoms with Crippen molar-refractivity contribution in [1.82, 2.24) is 9.78 Å². The summed E-state index contributed by atoms with van der Waals surface area (Å²) >= 11 is 0. The smallest absolute Gasteiger partial charge is 0.0943 e. The van der Waals surface area contributed by atoms with Crippen LogP contribution in [0.15, 0.2) is 24.4 Å². The highest BCUT2D eigenvalue weighted by molar-refractivity contribution is 5.81. The molecular weight excluding hydrogens is 186 g/mol. The Labute approximate surface area is 89.9 Å². The van der Waals surface area contributed by atoms with Gasteiger partial charge in [-0.2, -0.15) is 5.10 Å². The number of hydrogen-bond donors (Lipinski definition) is 1. The third-order valence-corrected chi connectivity index (χ3v) is 2.77. The monoisotopic (exact) mass is 203 g/mol. The normalized spacial score (nSPS) is 13.2. The summed E-state index contributed by atoms with van der Waals surface area (Å²) in [5, 5.41) is 5.66. The predicted octanol–water partition coefficient (Wildman–Crippen LogP) is 2.66. The molecule has 1 aromatic heterocycles. The number of nitrogen functional groups attached to an aromatic ring is 1. The van der Waals surface area contributed by atoms with E-state index in [9.17, 15) is 0 Å². The second-order valence-corrected chi connectivity index (χ2v) is 4.18. The first-order valence-corrected chi connectivity index (χ1v) is 5.41. The number of benzene rings is 1. The zero-order valence-electron chi connectivity index (χ0n) is 9.27. The SMILES string of the molecule is CCC(C)Cn1cc2ccc(N)cc2n1. The lowest BCUT2D eigenvalue weighted by atomic mass is 10.1. The number of hydrogen-bond acceptors (Lipinski definition) is 2. The van der Waals surface area contributed by atoms with Crippen molar-refractivity contribution in [1.29, 1.82) is 0 Å². The van der Waals surface area contributed by atoms with Gasteiger partial charge < -0.3 is 5.73 Å². The zero-order chi connectivity index (χ0) is 10.8. The van der Waals surface area contributed by atoms with Gasteiger partial charge in [-0.25, -0.2) is 0 Å². The molecule has 0 amide bonds. The molecule has 3 nitrogen and oxygen atoms in total. The Morgan fingerprint density at radius 3 is 3.00 bits per heavy atom. The number of anilines is 1. The van der Waals surface area contributed by atoms with Crippen molar-refractivity contribution >= 4 is 16.6 Å². The minimum atomic E-state index is 0.664. The molecule has 2 aromatic rings. The van der Waals surface area contributed by atoms with Crippen LogP contribution in [0.1, 0.15) is 20.3 Å². The first kappa shape index (κ1) is 10.0. The number of rotatable bonds is 3. The largest absolute Gasteiger partial charge is 0.399 e. The number of nitrogens with two attached hydrogens (primary N) is 1. The van der Waals surface area contributed by atoms with Gasteiger partial charge in [-0.05, 0) is 24.1 Å². The molecule has 0 aliphatic rings. The van der Waals surface area contributed by atoms with Crippen LogP contribution in [-0.2, 0) is 6.54 Å². The molecule has 0 saturated carbocycles. The Balaban J connectivity index is 2.30. The molecule has 1 unspecified atom stereocenters. The number of nitrogens with zero attached hydrogens (tertiary/aromatic N) is 2. The van der Waals surface area contributed by atoms with E-state index < -0.39 is 0 Å². The molecule has 0 spiro atoms. The molecule has 0 bridgehead atoms. The van der Waals surface area contributed by atoms with E-state index in [1.165, 1.54) is 6.42 Å². The molecule has 1 heterocycles. The lowest BCUT2D eigenvalue weighted by molar-refractivity contribution is 0.441. The maximum absolute atomic E-state index is 5.71. The molecule has 0 radical (unpaired) electrons. The first-order chi connectivity index (χ1) is 7.19. The lowest BCUT2D eigenvalue weighted by Gasteiger charge is -2.07. The molecule has 0 saturated heterocycles. The van der Waals surface area contributed by atoms with Crippen molar-refractivity contribution in [3.8, 4) is 0 Å². The van der Waals surface area contributed by atoms with Gasteiger partial charge in [0, 0.05) is 23.8 Å². The van der Waals surface area contributed by atoms with Crippen LogP contribution < -0.4 is 5.73 Å². The van der Waals surface area contributed by atoms with Gasteiger partial charge in [0.1, 0.15) is 0 Å². The van der Waals surface area contributed by atoms with E-state index >= 15 is 0 Å². The number of fused-ring (bicyclic) bond motifs is 1. The van der Waals surface area contributed by atoms with E-state index in [0.29, 0.717) is 5.92 Å². The number of aromatic nitrogens is 2. The highest BCUT2D eigenvalue weighted by Gasteiger charge is 2.04. The summed E-state index contributed by atoms with van der Waals surface area (Å²) in [6, 6.07) is 5.85. The molecule has 80 valence electrons. The third-order valence-electron chi connectivity index (χ3n) is 2.77. The van der Waals surface area contributed by atoms with Crippen LogP contribution >= 0.6 is 0 Å². The average molecular weight is 203 g/mol. The summed E-state index contributed by atoms with van der Waals surface area (Å²) in [6.45, 7) is 5.41. The predicted molar refractivity (Wildman–Crippen MR) is 63.6 cm³/mol. The van der Waals surface area contributed by atoms with Gasteiger partial charge in [-0.1, -0.05) is 20.3 Å². The van der Waals surface area contributed by atoms with E-state index in [4.69, 9.17) is 5.73 Å². The molecule has 2 N–H and O–H groups in total. The van der Waals surface area contributed by atoms with E-state index in [2.05, 4.69) is 25.1 Å². The van der Waals surface area contributed by atoms with Crippen LogP contribution in [0.4, 0.5) is 5.69 Å². The average Bonchev–Trinajstić information content (AvgIpc) is 2.59. The molecule has 3 heteroatoms. The van der Waals surface area contributed by atoms with Gasteiger partial charge >= 0.3 is 0 Å². The Morgan fingerprint density at radius 1 is 1.47 bits per heavy atom. The summed E-state index contributed by atoms with van der Waals surface area (Å²) in [4.78, 5) is 0. The van der Waals surface area contributed by atoms with Crippen LogP contribution in [0.5, 0.6) is 0 Å². The minimum absolute atomic E-state index is 0.664. The third kappa shape index (κ3) is 2.12. The Morgan fingerprint density at radius 2 is 2.27 bits per heavy atom. The van der Waals surface area contributed by atoms with Crippen molar-refractivity contribution in [3.05, 3.63) is 24.4 Å². The molecule has 1 atom stereocenters. The summed E-state index contributed by atoms with van der Waals surface area (Å²) < 4.78 is 2.01. The van der Waals surface area contributed by atoms with Crippen LogP contribution in [0.2, 0.25) is 0 Å². The van der Waals surface area contributed by atoms with Crippen LogP contribution in [0, 0.1) is 5.92 Å². The second kappa shape index (κ2) is 3.93. The van der Waals surface area contributed by atoms with E-state index in [-0.39, 0.29) is 0 Å². The van der Waals surface area contributed by atoms with Crippen LogP contribution in [-0.4, -0.2) is 9.78 Å². The van der Waals surface area contributed by atoms with Gasteiger partial charge in [0.05, 0.1) is 5.52 Å². The maximum atomic E-state index is 5.71. The minimum Gasteiger partial charge on any atom is -0.399 e. The van der Waals surface area contributed by atoms with Gasteiger partial charge in [0.25, 0.3) is 0 Å². The fourth-order valence-electron chi connectivity index (χ4n) is 1.63. The molecule has 0 aliphatic carbocycles. The van der Waals surface area contributed by atoms with Crippen LogP contribution in [0.25, 0.3) is 10.9 Å². The molecular formula is C12H17N3. The molecule has 15 heavy (non-hydrogen) atoms. The fraction of sp³-hybridized carbons (Fsp3) is 0.417. The Hall–Kier alpha value is -1.51. The van der Waals surface area contributed by atoms with Crippen molar-refractivity contribution in [2.45, 2.75) is 26.8 Å². The Bertz CT molecular complexity index is 459. The van der Waals surface area contributed by atoms with Crippen molar-refractivity contribution in [2.24, 2.45) is 5.92 Å². The second-order valence-electron chi connectivity index (χ2n) is 4.18. The Kier molecular flexibility index (Phi) is 2.62. The van der Waals surface area contributed by atoms with Crippen molar-refractivity contribution in [3.63, 3.8) is 0 Å². The topological polar surface area (TPSA) is 43.8 Å². The van der Waals surface area contributed by atoms with E-state index in [1.807, 2.05) is 22.9 Å². The van der Waals surface area contributed by atoms with Gasteiger partial charge in [-0.3, -0.25) is 4.68 Å². The standard InChI is InChI=1S/C12H17N3/c1-3-9(2)7-15-8-10-4-5-11(13)6-12(10)14-15/h4-6,8-9H,3,7,13H2,1-2H3. The van der Waals surface area contributed by atoms with E-state index in [0.717, 1.165) is 23.1 Å². The van der Waals surface area contributed by atoms with Gasteiger partial charge in [0.15, 0.2) is 0 Å².